The van der Waals surface area contributed by atoms with Gasteiger partial charge in [0.1, 0.15) is 17.5 Å². The molecule has 9 heteroatoms. The predicted octanol–water partition coefficient (Wildman–Crippen LogP) is 2.72. The minimum atomic E-state index is -2.85. The summed E-state index contributed by atoms with van der Waals surface area (Å²) in [7, 11) is 0. The number of nitrogens with zero attached hydrogens (tertiary/aromatic N) is 4. The van der Waals surface area contributed by atoms with Crippen LogP contribution in [0.3, 0.4) is 0 Å². The molecular formula is C16H15F3N6. The Hall–Kier alpha value is -2.68. The number of aromatic nitrogens is 4. The quantitative estimate of drug-likeness (QED) is 0.759. The molecule has 25 heavy (non-hydrogen) atoms. The highest BCUT2D eigenvalue weighted by Crippen LogP contribution is 2.27. The van der Waals surface area contributed by atoms with E-state index in [-0.39, 0.29) is 12.1 Å². The summed E-state index contributed by atoms with van der Waals surface area (Å²) in [6.45, 7) is 3.16. The Morgan fingerprint density at radius 1 is 1.28 bits per heavy atom. The Labute approximate surface area is 141 Å². The molecule has 0 fully saturated rings. The van der Waals surface area contributed by atoms with E-state index in [1.807, 2.05) is 11.3 Å². The molecule has 0 bridgehead atoms. The summed E-state index contributed by atoms with van der Waals surface area (Å²) in [5, 5.41) is 14.4. The molecule has 1 aliphatic rings. The van der Waals surface area contributed by atoms with Crippen molar-refractivity contribution in [2.75, 3.05) is 5.32 Å². The van der Waals surface area contributed by atoms with E-state index >= 15 is 0 Å². The lowest BCUT2D eigenvalue weighted by Gasteiger charge is -2.13. The largest absolute Gasteiger partial charge is 0.365 e. The molecule has 3 heterocycles. The number of anilines is 1. The summed E-state index contributed by atoms with van der Waals surface area (Å²) in [4.78, 5) is 4.44. The summed E-state index contributed by atoms with van der Waals surface area (Å²) < 4.78 is 41.7. The van der Waals surface area contributed by atoms with Crippen LogP contribution in [0.5, 0.6) is 0 Å². The monoisotopic (exact) mass is 348 g/mol. The van der Waals surface area contributed by atoms with E-state index in [9.17, 15) is 13.2 Å². The Bertz CT molecular complexity index is 953. The Morgan fingerprint density at radius 2 is 2.12 bits per heavy atom. The third-order valence-electron chi connectivity index (χ3n) is 4.31. The molecule has 0 saturated carbocycles. The normalized spacial score (nSPS) is 13.6. The van der Waals surface area contributed by atoms with Crippen LogP contribution in [0.4, 0.5) is 19.0 Å². The maximum Gasteiger partial charge on any atom is 0.266 e. The van der Waals surface area contributed by atoms with Gasteiger partial charge in [-0.2, -0.15) is 4.98 Å². The van der Waals surface area contributed by atoms with Crippen LogP contribution in [0.15, 0.2) is 18.2 Å². The summed E-state index contributed by atoms with van der Waals surface area (Å²) in [6, 6.07) is 3.99. The van der Waals surface area contributed by atoms with E-state index in [0.29, 0.717) is 24.7 Å². The van der Waals surface area contributed by atoms with Gasteiger partial charge in [0.15, 0.2) is 0 Å². The minimum absolute atomic E-state index is 0.0507. The van der Waals surface area contributed by atoms with Crippen molar-refractivity contribution < 1.29 is 13.2 Å². The number of rotatable bonds is 4. The molecule has 130 valence electrons. The first kappa shape index (κ1) is 15.8. The average molecular weight is 348 g/mol. The number of aryl methyl sites for hydroxylation is 1. The zero-order valence-electron chi connectivity index (χ0n) is 13.4. The molecule has 1 aromatic carbocycles. The maximum atomic E-state index is 14.2. The topological polar surface area (TPSA) is 67.1 Å². The van der Waals surface area contributed by atoms with E-state index in [0.717, 1.165) is 23.1 Å². The predicted molar refractivity (Wildman–Crippen MR) is 84.7 cm³/mol. The fourth-order valence-electron chi connectivity index (χ4n) is 3.09. The number of hydrogen-bond acceptors (Lipinski definition) is 5. The van der Waals surface area contributed by atoms with Gasteiger partial charge in [-0.05, 0) is 6.92 Å². The van der Waals surface area contributed by atoms with Crippen molar-refractivity contribution in [3.05, 3.63) is 52.2 Å². The van der Waals surface area contributed by atoms with Crippen LogP contribution in [0.2, 0.25) is 0 Å². The van der Waals surface area contributed by atoms with Gasteiger partial charge in [-0.3, -0.25) is 4.40 Å². The van der Waals surface area contributed by atoms with E-state index in [1.165, 1.54) is 12.1 Å². The van der Waals surface area contributed by atoms with Gasteiger partial charge < -0.3 is 10.6 Å². The number of alkyl halides is 2. The van der Waals surface area contributed by atoms with Crippen molar-refractivity contribution >= 4 is 11.6 Å². The lowest BCUT2D eigenvalue weighted by molar-refractivity contribution is 0.146. The summed E-state index contributed by atoms with van der Waals surface area (Å²) in [5.41, 5.74) is 1.51. The number of halogens is 3. The average Bonchev–Trinajstić information content (AvgIpc) is 3.20. The van der Waals surface area contributed by atoms with Gasteiger partial charge in [0, 0.05) is 36.5 Å². The van der Waals surface area contributed by atoms with E-state index in [4.69, 9.17) is 0 Å². The first-order chi connectivity index (χ1) is 12.1. The molecule has 6 nitrogen and oxygen atoms in total. The van der Waals surface area contributed by atoms with Crippen molar-refractivity contribution in [1.29, 1.82) is 0 Å². The van der Waals surface area contributed by atoms with Crippen molar-refractivity contribution in [3.63, 3.8) is 0 Å². The third-order valence-corrected chi connectivity index (χ3v) is 4.31. The molecular weight excluding hydrogens is 333 g/mol. The fraction of sp³-hybridized carbons (Fsp3) is 0.312. The van der Waals surface area contributed by atoms with Crippen molar-refractivity contribution in [2.45, 2.75) is 33.0 Å². The van der Waals surface area contributed by atoms with Crippen LogP contribution < -0.4 is 10.6 Å². The standard InChI is InChI=1S/C16H15F3N6/c1-8-23-24-16-22-15(11-6-20-7-12(11)25(8)16)21-5-9-3-2-4-10(13(9)17)14(18)19/h2-4,14,20H,5-7H2,1H3,(H,21,22,24). The van der Waals surface area contributed by atoms with E-state index < -0.39 is 17.8 Å². The second kappa shape index (κ2) is 5.99. The highest BCUT2D eigenvalue weighted by molar-refractivity contribution is 5.54. The fourth-order valence-corrected chi connectivity index (χ4v) is 3.09. The molecule has 2 N–H and O–H groups in total. The van der Waals surface area contributed by atoms with Crippen molar-refractivity contribution in [1.82, 2.24) is 24.9 Å². The molecule has 0 saturated heterocycles. The SMILES string of the molecule is Cc1nnc2nc(NCc3cccc(C(F)F)c3F)c3c(n12)CNC3. The second-order valence-electron chi connectivity index (χ2n) is 5.85. The minimum Gasteiger partial charge on any atom is -0.365 e. The van der Waals surface area contributed by atoms with Crippen LogP contribution in [0.1, 0.15) is 34.6 Å². The third kappa shape index (κ3) is 2.60. The van der Waals surface area contributed by atoms with Crippen LogP contribution in [-0.2, 0) is 19.6 Å². The van der Waals surface area contributed by atoms with Crippen LogP contribution in [0.25, 0.3) is 5.78 Å². The lowest BCUT2D eigenvalue weighted by atomic mass is 10.1. The Kier molecular flexibility index (Phi) is 3.79. The molecule has 1 aliphatic heterocycles. The zero-order valence-corrected chi connectivity index (χ0v) is 13.4. The number of benzene rings is 1. The number of hydrogen-bond donors (Lipinski definition) is 2. The summed E-state index contributed by atoms with van der Waals surface area (Å²) in [6.07, 6.45) is -2.85. The van der Waals surface area contributed by atoms with Gasteiger partial charge in [-0.15, -0.1) is 10.2 Å². The highest BCUT2D eigenvalue weighted by Gasteiger charge is 2.22. The maximum absolute atomic E-state index is 14.2. The van der Waals surface area contributed by atoms with Gasteiger partial charge >= 0.3 is 0 Å². The molecule has 0 aliphatic carbocycles. The van der Waals surface area contributed by atoms with Gasteiger partial charge in [-0.1, -0.05) is 18.2 Å². The number of nitrogens with one attached hydrogen (secondary N) is 2. The number of fused-ring (bicyclic) bond motifs is 3. The smallest absolute Gasteiger partial charge is 0.266 e. The molecule has 0 amide bonds. The van der Waals surface area contributed by atoms with E-state index in [2.05, 4.69) is 25.8 Å². The van der Waals surface area contributed by atoms with Gasteiger partial charge in [0.2, 0.25) is 0 Å². The lowest BCUT2D eigenvalue weighted by Crippen LogP contribution is -2.10. The molecule has 0 radical (unpaired) electrons. The Balaban J connectivity index is 1.68. The van der Waals surface area contributed by atoms with Crippen LogP contribution >= 0.6 is 0 Å². The molecule has 3 aromatic rings. The molecule has 4 rings (SSSR count). The summed E-state index contributed by atoms with van der Waals surface area (Å²) >= 11 is 0. The molecule has 0 unspecified atom stereocenters. The first-order valence-electron chi connectivity index (χ1n) is 7.79. The first-order valence-corrected chi connectivity index (χ1v) is 7.79. The Morgan fingerprint density at radius 3 is 2.92 bits per heavy atom. The second-order valence-corrected chi connectivity index (χ2v) is 5.85. The van der Waals surface area contributed by atoms with Gasteiger partial charge in [0.25, 0.3) is 12.2 Å². The highest BCUT2D eigenvalue weighted by atomic mass is 19.3. The van der Waals surface area contributed by atoms with Gasteiger partial charge in [-0.25, -0.2) is 13.2 Å². The van der Waals surface area contributed by atoms with Gasteiger partial charge in [0.05, 0.1) is 5.56 Å². The zero-order chi connectivity index (χ0) is 17.6. The van der Waals surface area contributed by atoms with Crippen LogP contribution in [0, 0.1) is 12.7 Å². The molecule has 0 spiro atoms. The molecule has 0 atom stereocenters. The summed E-state index contributed by atoms with van der Waals surface area (Å²) in [5.74, 6) is 0.856. The van der Waals surface area contributed by atoms with Crippen LogP contribution in [-0.4, -0.2) is 19.6 Å². The van der Waals surface area contributed by atoms with E-state index in [1.54, 1.807) is 0 Å². The molecule has 2 aromatic heterocycles. The van der Waals surface area contributed by atoms with Crippen molar-refractivity contribution in [3.8, 4) is 0 Å². The van der Waals surface area contributed by atoms with Crippen molar-refractivity contribution in [2.24, 2.45) is 0 Å².